The zero-order valence-electron chi connectivity index (χ0n) is 16.8. The monoisotopic (exact) mass is 542 g/mol. The summed E-state index contributed by atoms with van der Waals surface area (Å²) >= 11 is 9.04. The molecule has 0 bridgehead atoms. The van der Waals surface area contributed by atoms with Gasteiger partial charge in [0, 0.05) is 35.5 Å². The van der Waals surface area contributed by atoms with Crippen LogP contribution in [0.4, 0.5) is 29.3 Å². The second-order valence-corrected chi connectivity index (χ2v) is 7.73. The molecule has 0 saturated heterocycles. The van der Waals surface area contributed by atoms with E-state index in [9.17, 15) is 22.8 Å². The fourth-order valence-electron chi connectivity index (χ4n) is 2.63. The maximum absolute atomic E-state index is 13.0. The lowest BCUT2D eigenvalue weighted by atomic mass is 10.2. The third-order valence-corrected chi connectivity index (χ3v) is 5.15. The number of pyridine rings is 1. The van der Waals surface area contributed by atoms with Crippen molar-refractivity contribution in [2.75, 3.05) is 17.7 Å². The first-order valence-corrected chi connectivity index (χ1v) is 10.3. The average Bonchev–Trinajstić information content (AvgIpc) is 2.76. The van der Waals surface area contributed by atoms with Crippen molar-refractivity contribution >= 4 is 50.8 Å². The molecule has 2 aromatic carbocycles. The van der Waals surface area contributed by atoms with Gasteiger partial charge in [0.1, 0.15) is 17.2 Å². The van der Waals surface area contributed by atoms with Crippen LogP contribution in [0.3, 0.4) is 0 Å². The van der Waals surface area contributed by atoms with Crippen molar-refractivity contribution in [3.63, 3.8) is 0 Å². The molecule has 7 nitrogen and oxygen atoms in total. The quantitative estimate of drug-likeness (QED) is 0.352. The lowest BCUT2D eigenvalue weighted by Gasteiger charge is -2.13. The topological polar surface area (TPSA) is 92.4 Å². The fourth-order valence-corrected chi connectivity index (χ4v) is 3.32. The van der Waals surface area contributed by atoms with Gasteiger partial charge in [-0.15, -0.1) is 0 Å². The highest BCUT2D eigenvalue weighted by Gasteiger charge is 2.33. The zero-order chi connectivity index (χ0) is 24.2. The van der Waals surface area contributed by atoms with E-state index >= 15 is 0 Å². The predicted molar refractivity (Wildman–Crippen MR) is 121 cm³/mol. The van der Waals surface area contributed by atoms with Crippen LogP contribution in [0.5, 0.6) is 11.5 Å². The third-order valence-electron chi connectivity index (χ3n) is 4.15. The predicted octanol–water partition coefficient (Wildman–Crippen LogP) is 6.31. The fraction of sp³-hybridized carbons (Fsp3) is 0.0952. The molecule has 0 fully saturated rings. The summed E-state index contributed by atoms with van der Waals surface area (Å²) in [4.78, 5) is 27.9. The van der Waals surface area contributed by atoms with Crippen molar-refractivity contribution in [2.24, 2.45) is 0 Å². The Morgan fingerprint density at radius 1 is 1.03 bits per heavy atom. The van der Waals surface area contributed by atoms with Crippen molar-refractivity contribution in [2.45, 2.75) is 6.18 Å². The van der Waals surface area contributed by atoms with Gasteiger partial charge in [-0.25, -0.2) is 4.79 Å². The molecule has 0 unspecified atom stereocenters. The summed E-state index contributed by atoms with van der Waals surface area (Å²) in [5, 5.41) is 7.36. The van der Waals surface area contributed by atoms with Gasteiger partial charge in [-0.2, -0.15) is 13.2 Å². The number of carbonyl (C=O) groups excluding carboxylic acids is 2. The van der Waals surface area contributed by atoms with E-state index in [2.05, 4.69) is 36.9 Å². The lowest BCUT2D eigenvalue weighted by molar-refractivity contribution is -0.138. The normalized spacial score (nSPS) is 11.0. The van der Waals surface area contributed by atoms with E-state index in [4.69, 9.17) is 16.3 Å². The standard InChI is InChI=1S/C21H15BrClF3N4O3/c1-27-19(31)18-10-13(6-7-28-18)33-12-3-5-17(16(23)9-12)30-20(32)29-11-2-4-15(22)14(8-11)21(24,25)26/h2-10H,1H3,(H,27,31)(H2,29,30,32). The first-order chi connectivity index (χ1) is 15.6. The van der Waals surface area contributed by atoms with Gasteiger partial charge in [0.25, 0.3) is 5.91 Å². The molecule has 0 atom stereocenters. The molecule has 0 aliphatic heterocycles. The summed E-state index contributed by atoms with van der Waals surface area (Å²) < 4.78 is 44.6. The number of benzene rings is 2. The van der Waals surface area contributed by atoms with Crippen molar-refractivity contribution in [3.8, 4) is 11.5 Å². The number of amides is 3. The molecular weight excluding hydrogens is 529 g/mol. The van der Waals surface area contributed by atoms with Gasteiger partial charge in [-0.05, 0) is 36.4 Å². The van der Waals surface area contributed by atoms with Gasteiger partial charge in [0.15, 0.2) is 0 Å². The molecule has 12 heteroatoms. The molecule has 0 aliphatic carbocycles. The van der Waals surface area contributed by atoms with Crippen LogP contribution in [-0.2, 0) is 6.18 Å². The van der Waals surface area contributed by atoms with E-state index in [1.54, 1.807) is 6.07 Å². The highest BCUT2D eigenvalue weighted by Crippen LogP contribution is 2.36. The molecule has 1 heterocycles. The Hall–Kier alpha value is -3.31. The number of anilines is 2. The van der Waals surface area contributed by atoms with Crippen LogP contribution in [0, 0.1) is 0 Å². The molecule has 3 aromatic rings. The minimum Gasteiger partial charge on any atom is -0.457 e. The molecule has 0 radical (unpaired) electrons. The average molecular weight is 544 g/mol. The Balaban J connectivity index is 1.68. The van der Waals surface area contributed by atoms with Gasteiger partial charge < -0.3 is 20.7 Å². The van der Waals surface area contributed by atoms with Crippen LogP contribution in [-0.4, -0.2) is 24.0 Å². The number of carbonyl (C=O) groups is 2. The number of halogens is 5. The Morgan fingerprint density at radius 2 is 1.76 bits per heavy atom. The SMILES string of the molecule is CNC(=O)c1cc(Oc2ccc(NC(=O)Nc3ccc(Br)c(C(F)(F)F)c3)c(Cl)c2)ccn1. The molecule has 0 aliphatic rings. The minimum atomic E-state index is -4.58. The van der Waals surface area contributed by atoms with E-state index in [0.717, 1.165) is 6.07 Å². The number of aromatic nitrogens is 1. The number of hydrogen-bond acceptors (Lipinski definition) is 4. The van der Waals surface area contributed by atoms with Crippen LogP contribution in [0.15, 0.2) is 59.2 Å². The van der Waals surface area contributed by atoms with Crippen LogP contribution < -0.4 is 20.7 Å². The Kier molecular flexibility index (Phi) is 7.44. The summed E-state index contributed by atoms with van der Waals surface area (Å²) in [7, 11) is 1.48. The van der Waals surface area contributed by atoms with Gasteiger partial charge >= 0.3 is 12.2 Å². The molecule has 3 N–H and O–H groups in total. The number of urea groups is 1. The highest BCUT2D eigenvalue weighted by atomic mass is 79.9. The molecule has 0 saturated carbocycles. The summed E-state index contributed by atoms with van der Waals surface area (Å²) in [6, 6.07) is 9.93. The van der Waals surface area contributed by atoms with Crippen LogP contribution in [0.2, 0.25) is 5.02 Å². The van der Waals surface area contributed by atoms with Gasteiger partial charge in [0.05, 0.1) is 16.3 Å². The van der Waals surface area contributed by atoms with Crippen molar-refractivity contribution in [1.82, 2.24) is 10.3 Å². The van der Waals surface area contributed by atoms with Crippen LogP contribution in [0.1, 0.15) is 16.1 Å². The molecule has 172 valence electrons. The summed E-state index contributed by atoms with van der Waals surface area (Å²) in [6.45, 7) is 0. The first kappa shape index (κ1) is 24.3. The van der Waals surface area contributed by atoms with Gasteiger partial charge in [-0.3, -0.25) is 9.78 Å². The van der Waals surface area contributed by atoms with Gasteiger partial charge in [0.2, 0.25) is 0 Å². The number of alkyl halides is 3. The number of rotatable bonds is 5. The zero-order valence-corrected chi connectivity index (χ0v) is 19.1. The second-order valence-electron chi connectivity index (χ2n) is 6.47. The molecule has 33 heavy (non-hydrogen) atoms. The Labute approximate surface area is 199 Å². The van der Waals surface area contributed by atoms with E-state index in [1.807, 2.05) is 0 Å². The summed E-state index contributed by atoms with van der Waals surface area (Å²) in [5.74, 6) is 0.286. The van der Waals surface area contributed by atoms with Crippen LogP contribution >= 0.6 is 27.5 Å². The molecule has 0 spiro atoms. The minimum absolute atomic E-state index is 0.0521. The number of nitrogens with one attached hydrogen (secondary N) is 3. The van der Waals surface area contributed by atoms with Crippen molar-refractivity contribution in [3.05, 3.63) is 75.5 Å². The van der Waals surface area contributed by atoms with Crippen molar-refractivity contribution in [1.29, 1.82) is 0 Å². The van der Waals surface area contributed by atoms with E-state index in [0.29, 0.717) is 11.5 Å². The Bertz CT molecular complexity index is 1210. The number of nitrogens with zero attached hydrogens (tertiary/aromatic N) is 1. The maximum Gasteiger partial charge on any atom is 0.417 e. The van der Waals surface area contributed by atoms with E-state index in [1.165, 1.54) is 49.6 Å². The van der Waals surface area contributed by atoms with E-state index in [-0.39, 0.29) is 32.5 Å². The number of hydrogen-bond donors (Lipinski definition) is 3. The van der Waals surface area contributed by atoms with Crippen LogP contribution in [0.25, 0.3) is 0 Å². The summed E-state index contributed by atoms with van der Waals surface area (Å²) in [6.07, 6.45) is -3.17. The largest absolute Gasteiger partial charge is 0.457 e. The second kappa shape index (κ2) is 10.1. The number of ether oxygens (including phenoxy) is 1. The third kappa shape index (κ3) is 6.36. The lowest BCUT2D eigenvalue weighted by Crippen LogP contribution is -2.20. The van der Waals surface area contributed by atoms with E-state index < -0.39 is 17.8 Å². The Morgan fingerprint density at radius 3 is 2.42 bits per heavy atom. The molecule has 3 rings (SSSR count). The molecular formula is C21H15BrClF3N4O3. The molecule has 3 amide bonds. The highest BCUT2D eigenvalue weighted by molar-refractivity contribution is 9.10. The smallest absolute Gasteiger partial charge is 0.417 e. The first-order valence-electron chi connectivity index (χ1n) is 9.17. The summed E-state index contributed by atoms with van der Waals surface area (Å²) in [5.41, 5.74) is -0.604. The van der Waals surface area contributed by atoms with Gasteiger partial charge in [-0.1, -0.05) is 27.5 Å². The van der Waals surface area contributed by atoms with Crippen molar-refractivity contribution < 1.29 is 27.5 Å². The molecule has 1 aromatic heterocycles. The maximum atomic E-state index is 13.0.